The van der Waals surface area contributed by atoms with Crippen molar-refractivity contribution in [3.8, 4) is 6.07 Å². The molecule has 0 amide bonds. The quantitative estimate of drug-likeness (QED) is 0.780. The lowest BCUT2D eigenvalue weighted by Gasteiger charge is -2.03. The van der Waals surface area contributed by atoms with E-state index in [1.165, 1.54) is 24.3 Å². The van der Waals surface area contributed by atoms with Gasteiger partial charge in [-0.25, -0.2) is 8.42 Å². The fourth-order valence-corrected chi connectivity index (χ4v) is 3.90. The molecule has 2 aromatic rings. The summed E-state index contributed by atoms with van der Waals surface area (Å²) in [6, 6.07) is 7.75. The number of benzene rings is 1. The van der Waals surface area contributed by atoms with Crippen LogP contribution in [0, 0.1) is 11.3 Å². The summed E-state index contributed by atoms with van der Waals surface area (Å²) in [5, 5.41) is 16.4. The highest BCUT2D eigenvalue weighted by Gasteiger charge is 2.15. The van der Waals surface area contributed by atoms with E-state index >= 15 is 0 Å². The van der Waals surface area contributed by atoms with Gasteiger partial charge in [0.05, 0.1) is 28.8 Å². The van der Waals surface area contributed by atoms with E-state index in [1.807, 2.05) is 6.07 Å². The van der Waals surface area contributed by atoms with E-state index in [9.17, 15) is 8.42 Å². The van der Waals surface area contributed by atoms with Crippen LogP contribution in [0.2, 0.25) is 0 Å². The van der Waals surface area contributed by atoms with Crippen molar-refractivity contribution < 1.29 is 12.8 Å². The highest BCUT2D eigenvalue weighted by molar-refractivity contribution is 8.00. The molecule has 0 fully saturated rings. The Balaban J connectivity index is 1.96. The maximum absolute atomic E-state index is 12.1. The number of hydrogen-bond acceptors (Lipinski definition) is 8. The van der Waals surface area contributed by atoms with Crippen LogP contribution in [-0.2, 0) is 16.4 Å². The minimum absolute atomic E-state index is 0.0656. The SMILES string of the molecule is N#Cc1ccc(S(=O)(=O)CCSc2nnc(CN)o2)cc1. The maximum atomic E-state index is 12.1. The van der Waals surface area contributed by atoms with E-state index in [2.05, 4.69) is 10.2 Å². The molecule has 0 atom stereocenters. The van der Waals surface area contributed by atoms with Gasteiger partial charge in [0.2, 0.25) is 5.89 Å². The normalized spacial score (nSPS) is 11.2. The van der Waals surface area contributed by atoms with Crippen molar-refractivity contribution in [2.24, 2.45) is 5.73 Å². The van der Waals surface area contributed by atoms with Crippen LogP contribution in [0.25, 0.3) is 0 Å². The first kappa shape index (κ1) is 15.5. The van der Waals surface area contributed by atoms with Crippen LogP contribution in [0.1, 0.15) is 11.5 Å². The van der Waals surface area contributed by atoms with Gasteiger partial charge in [0, 0.05) is 5.75 Å². The Morgan fingerprint density at radius 2 is 2.00 bits per heavy atom. The third-order valence-electron chi connectivity index (χ3n) is 2.54. The predicted octanol–water partition coefficient (Wildman–Crippen LogP) is 0.966. The molecular formula is C12H12N4O3S2. The molecule has 0 bridgehead atoms. The minimum Gasteiger partial charge on any atom is -0.415 e. The van der Waals surface area contributed by atoms with E-state index in [0.717, 1.165) is 11.8 Å². The van der Waals surface area contributed by atoms with Crippen molar-refractivity contribution in [1.82, 2.24) is 10.2 Å². The second-order valence-corrected chi connectivity index (χ2v) is 7.12. The predicted molar refractivity (Wildman–Crippen MR) is 76.1 cm³/mol. The van der Waals surface area contributed by atoms with Crippen LogP contribution >= 0.6 is 11.8 Å². The Bertz CT molecular complexity index is 748. The van der Waals surface area contributed by atoms with Gasteiger partial charge in [-0.3, -0.25) is 0 Å². The summed E-state index contributed by atoms with van der Waals surface area (Å²) in [5.74, 6) is 0.533. The fraction of sp³-hybridized carbons (Fsp3) is 0.250. The third kappa shape index (κ3) is 4.04. The van der Waals surface area contributed by atoms with Gasteiger partial charge in [-0.1, -0.05) is 11.8 Å². The summed E-state index contributed by atoms with van der Waals surface area (Å²) in [6.07, 6.45) is 0. The molecular weight excluding hydrogens is 312 g/mol. The Kier molecular flexibility index (Phi) is 4.95. The Morgan fingerprint density at radius 1 is 1.29 bits per heavy atom. The summed E-state index contributed by atoms with van der Waals surface area (Å²) in [6.45, 7) is 0.150. The average Bonchev–Trinajstić information content (AvgIpc) is 2.95. The molecule has 110 valence electrons. The number of rotatable bonds is 6. The number of nitrogens with two attached hydrogens (primary N) is 1. The summed E-state index contributed by atoms with van der Waals surface area (Å²) < 4.78 is 29.4. The Labute approximate surface area is 126 Å². The first-order valence-corrected chi connectivity index (χ1v) is 8.57. The van der Waals surface area contributed by atoms with E-state index in [4.69, 9.17) is 15.4 Å². The average molecular weight is 324 g/mol. The molecule has 0 aliphatic rings. The molecule has 0 radical (unpaired) electrons. The number of thioether (sulfide) groups is 1. The van der Waals surface area contributed by atoms with Gasteiger partial charge in [-0.05, 0) is 24.3 Å². The number of nitriles is 1. The number of aromatic nitrogens is 2. The maximum Gasteiger partial charge on any atom is 0.276 e. The second-order valence-electron chi connectivity index (χ2n) is 3.97. The van der Waals surface area contributed by atoms with Crippen molar-refractivity contribution >= 4 is 21.6 Å². The summed E-state index contributed by atoms with van der Waals surface area (Å²) >= 11 is 1.16. The van der Waals surface area contributed by atoms with Crippen LogP contribution in [0.4, 0.5) is 0 Å². The zero-order chi connectivity index (χ0) is 15.3. The van der Waals surface area contributed by atoms with Gasteiger partial charge < -0.3 is 10.2 Å². The molecule has 0 spiro atoms. The standard InChI is InChI=1S/C12H12N4O3S2/c13-7-9-1-3-10(4-2-9)21(17,18)6-5-20-12-16-15-11(8-14)19-12/h1-4H,5-6,8,14H2. The third-order valence-corrected chi connectivity index (χ3v) is 5.35. The summed E-state index contributed by atoms with van der Waals surface area (Å²) in [7, 11) is -3.40. The highest BCUT2D eigenvalue weighted by Crippen LogP contribution is 2.19. The molecule has 7 nitrogen and oxygen atoms in total. The molecule has 1 aromatic carbocycles. The fourth-order valence-electron chi connectivity index (χ4n) is 1.47. The lowest BCUT2D eigenvalue weighted by atomic mass is 10.2. The highest BCUT2D eigenvalue weighted by atomic mass is 32.2. The molecule has 21 heavy (non-hydrogen) atoms. The molecule has 0 aliphatic carbocycles. The molecule has 9 heteroatoms. The smallest absolute Gasteiger partial charge is 0.276 e. The van der Waals surface area contributed by atoms with Gasteiger partial charge >= 0.3 is 0 Å². The molecule has 0 aliphatic heterocycles. The zero-order valence-corrected chi connectivity index (χ0v) is 12.5. The molecule has 0 saturated carbocycles. The lowest BCUT2D eigenvalue weighted by molar-refractivity contribution is 0.415. The molecule has 2 rings (SSSR count). The number of nitrogens with zero attached hydrogens (tertiary/aromatic N) is 3. The van der Waals surface area contributed by atoms with Crippen molar-refractivity contribution in [2.75, 3.05) is 11.5 Å². The van der Waals surface area contributed by atoms with Crippen LogP contribution < -0.4 is 5.73 Å². The largest absolute Gasteiger partial charge is 0.415 e. The van der Waals surface area contributed by atoms with Gasteiger partial charge in [-0.15, -0.1) is 10.2 Å². The Hall–Kier alpha value is -1.89. The van der Waals surface area contributed by atoms with Crippen molar-refractivity contribution in [1.29, 1.82) is 5.26 Å². The molecule has 2 N–H and O–H groups in total. The van der Waals surface area contributed by atoms with E-state index in [-0.39, 0.29) is 22.9 Å². The van der Waals surface area contributed by atoms with Crippen molar-refractivity contribution in [3.63, 3.8) is 0 Å². The van der Waals surface area contributed by atoms with Crippen LogP contribution in [0.5, 0.6) is 0 Å². The lowest BCUT2D eigenvalue weighted by Crippen LogP contribution is -2.08. The minimum atomic E-state index is -3.40. The van der Waals surface area contributed by atoms with E-state index in [0.29, 0.717) is 16.7 Å². The van der Waals surface area contributed by atoms with E-state index < -0.39 is 9.84 Å². The first-order chi connectivity index (χ1) is 10.0. The Morgan fingerprint density at radius 3 is 2.57 bits per heavy atom. The molecule has 1 aromatic heterocycles. The summed E-state index contributed by atoms with van der Waals surface area (Å²) in [4.78, 5) is 0.190. The van der Waals surface area contributed by atoms with E-state index in [1.54, 1.807) is 0 Å². The van der Waals surface area contributed by atoms with Crippen molar-refractivity contribution in [2.45, 2.75) is 16.7 Å². The van der Waals surface area contributed by atoms with Gasteiger partial charge in [0.1, 0.15) is 0 Å². The molecule has 0 saturated heterocycles. The number of hydrogen-bond donors (Lipinski definition) is 1. The van der Waals surface area contributed by atoms with Crippen LogP contribution in [-0.4, -0.2) is 30.1 Å². The van der Waals surface area contributed by atoms with Crippen LogP contribution in [0.3, 0.4) is 0 Å². The van der Waals surface area contributed by atoms with Gasteiger partial charge in [-0.2, -0.15) is 5.26 Å². The second kappa shape index (κ2) is 6.71. The first-order valence-electron chi connectivity index (χ1n) is 5.93. The summed E-state index contributed by atoms with van der Waals surface area (Å²) in [5.41, 5.74) is 5.76. The van der Waals surface area contributed by atoms with Gasteiger partial charge in [0.15, 0.2) is 9.84 Å². The number of sulfone groups is 1. The molecule has 0 unspecified atom stereocenters. The molecule has 1 heterocycles. The van der Waals surface area contributed by atoms with Gasteiger partial charge in [0.25, 0.3) is 5.22 Å². The van der Waals surface area contributed by atoms with Crippen molar-refractivity contribution in [3.05, 3.63) is 35.7 Å². The monoisotopic (exact) mass is 324 g/mol. The zero-order valence-electron chi connectivity index (χ0n) is 10.9. The topological polar surface area (TPSA) is 123 Å². The van der Waals surface area contributed by atoms with Crippen LogP contribution in [0.15, 0.2) is 38.8 Å².